The Kier molecular flexibility index (Phi) is 1.75. The van der Waals surface area contributed by atoms with E-state index in [9.17, 15) is 17.6 Å². The van der Waals surface area contributed by atoms with E-state index in [4.69, 9.17) is 0 Å². The molecule has 2 atom stereocenters. The molecule has 0 saturated carbocycles. The standard InChI is InChI=1S/C11H7F4N/c1-16-4-2-3-5(16)7-6(4)8(12)10(14)11(15)9(7)13/h2-5H,1H3/t4-,5?/m1/s1. The zero-order valence-electron chi connectivity index (χ0n) is 8.27. The van der Waals surface area contributed by atoms with Crippen LogP contribution in [0.4, 0.5) is 17.6 Å². The van der Waals surface area contributed by atoms with Gasteiger partial charge in [0.2, 0.25) is 0 Å². The van der Waals surface area contributed by atoms with Crippen molar-refractivity contribution in [3.8, 4) is 0 Å². The fourth-order valence-electron chi connectivity index (χ4n) is 2.50. The maximum absolute atomic E-state index is 13.5. The summed E-state index contributed by atoms with van der Waals surface area (Å²) in [4.78, 5) is 1.66. The largest absolute Gasteiger partial charge is 0.285 e. The van der Waals surface area contributed by atoms with E-state index in [-0.39, 0.29) is 11.1 Å². The highest BCUT2D eigenvalue weighted by atomic mass is 19.2. The Morgan fingerprint density at radius 3 is 1.56 bits per heavy atom. The van der Waals surface area contributed by atoms with Gasteiger partial charge in [0.05, 0.1) is 12.1 Å². The summed E-state index contributed by atoms with van der Waals surface area (Å²) in [6, 6.07) is -0.991. The highest BCUT2D eigenvalue weighted by Gasteiger charge is 2.44. The van der Waals surface area contributed by atoms with Crippen LogP contribution in [-0.4, -0.2) is 11.9 Å². The number of likely N-dealkylation sites (N-methyl/N-ethyl adjacent to an activating group) is 1. The lowest BCUT2D eigenvalue weighted by Gasteiger charge is -2.14. The van der Waals surface area contributed by atoms with Crippen molar-refractivity contribution < 1.29 is 17.6 Å². The first-order chi connectivity index (χ1) is 7.54. The lowest BCUT2D eigenvalue weighted by atomic mass is 9.95. The molecule has 2 aliphatic heterocycles. The molecule has 0 radical (unpaired) electrons. The van der Waals surface area contributed by atoms with Crippen molar-refractivity contribution in [3.05, 3.63) is 46.5 Å². The molecule has 1 aromatic rings. The second-order valence-corrected chi connectivity index (χ2v) is 4.02. The molecule has 1 aromatic carbocycles. The van der Waals surface area contributed by atoms with E-state index < -0.39 is 35.4 Å². The molecule has 0 aliphatic carbocycles. The summed E-state index contributed by atoms with van der Waals surface area (Å²) in [5, 5.41) is 0. The Morgan fingerprint density at radius 1 is 0.812 bits per heavy atom. The van der Waals surface area contributed by atoms with Gasteiger partial charge in [-0.3, -0.25) is 4.90 Å². The Labute approximate surface area is 89.0 Å². The van der Waals surface area contributed by atoms with E-state index in [0.29, 0.717) is 0 Å². The summed E-state index contributed by atoms with van der Waals surface area (Å²) in [5.74, 6) is -6.02. The number of rotatable bonds is 0. The third kappa shape index (κ3) is 0.899. The summed E-state index contributed by atoms with van der Waals surface area (Å²) >= 11 is 0. The van der Waals surface area contributed by atoms with Crippen LogP contribution in [-0.2, 0) is 0 Å². The van der Waals surface area contributed by atoms with Crippen molar-refractivity contribution in [2.45, 2.75) is 12.1 Å². The van der Waals surface area contributed by atoms with Crippen LogP contribution in [0.2, 0.25) is 0 Å². The van der Waals surface area contributed by atoms with E-state index in [0.717, 1.165) is 0 Å². The maximum atomic E-state index is 13.5. The Balaban J connectivity index is 2.37. The molecule has 1 unspecified atom stereocenters. The Morgan fingerprint density at radius 2 is 1.19 bits per heavy atom. The lowest BCUT2D eigenvalue weighted by molar-refractivity contribution is 0.294. The van der Waals surface area contributed by atoms with Crippen molar-refractivity contribution >= 4 is 0 Å². The molecule has 5 heteroatoms. The fraction of sp³-hybridized carbons (Fsp3) is 0.273. The molecular weight excluding hydrogens is 222 g/mol. The van der Waals surface area contributed by atoms with Crippen LogP contribution >= 0.6 is 0 Å². The summed E-state index contributed by atoms with van der Waals surface area (Å²) < 4.78 is 53.2. The molecule has 0 saturated heterocycles. The molecule has 16 heavy (non-hydrogen) atoms. The highest BCUT2D eigenvalue weighted by Crippen LogP contribution is 2.50. The van der Waals surface area contributed by atoms with Crippen LogP contribution in [0.3, 0.4) is 0 Å². The van der Waals surface area contributed by atoms with Crippen LogP contribution in [0.5, 0.6) is 0 Å². The SMILES string of the molecule is CN1C2C=C[C@@H]1c1c(F)c(F)c(F)c(F)c12. The third-order valence-electron chi connectivity index (χ3n) is 3.29. The average Bonchev–Trinajstić information content (AvgIpc) is 2.77. The fourth-order valence-corrected chi connectivity index (χ4v) is 2.50. The first-order valence-corrected chi connectivity index (χ1v) is 4.80. The van der Waals surface area contributed by atoms with Crippen molar-refractivity contribution in [2.75, 3.05) is 7.05 Å². The topological polar surface area (TPSA) is 3.24 Å². The van der Waals surface area contributed by atoms with Crippen LogP contribution < -0.4 is 0 Å². The lowest BCUT2D eigenvalue weighted by Crippen LogP contribution is -2.13. The van der Waals surface area contributed by atoms with Gasteiger partial charge >= 0.3 is 0 Å². The number of hydrogen-bond donors (Lipinski definition) is 0. The highest BCUT2D eigenvalue weighted by molar-refractivity contribution is 5.48. The van der Waals surface area contributed by atoms with Gasteiger partial charge in [0, 0.05) is 11.1 Å². The van der Waals surface area contributed by atoms with Gasteiger partial charge in [0.15, 0.2) is 23.3 Å². The molecule has 1 nitrogen and oxygen atoms in total. The number of hydrogen-bond acceptors (Lipinski definition) is 1. The Hall–Kier alpha value is -1.36. The maximum Gasteiger partial charge on any atom is 0.197 e. The van der Waals surface area contributed by atoms with Crippen LogP contribution in [0.25, 0.3) is 0 Å². The van der Waals surface area contributed by atoms with Gasteiger partial charge in [-0.2, -0.15) is 0 Å². The molecule has 2 bridgehead atoms. The summed E-state index contributed by atoms with van der Waals surface area (Å²) in [5.41, 5.74) is -0.155. The van der Waals surface area contributed by atoms with E-state index in [1.54, 1.807) is 24.1 Å². The predicted molar refractivity (Wildman–Crippen MR) is 48.7 cm³/mol. The first kappa shape index (κ1) is 9.84. The summed E-state index contributed by atoms with van der Waals surface area (Å²) in [6.45, 7) is 0. The smallest absolute Gasteiger partial charge is 0.197 e. The average molecular weight is 229 g/mol. The van der Waals surface area contributed by atoms with Crippen molar-refractivity contribution in [1.82, 2.24) is 4.90 Å². The van der Waals surface area contributed by atoms with E-state index in [1.165, 1.54) is 0 Å². The third-order valence-corrected chi connectivity index (χ3v) is 3.29. The first-order valence-electron chi connectivity index (χ1n) is 4.80. The molecule has 0 spiro atoms. The van der Waals surface area contributed by atoms with E-state index in [1.807, 2.05) is 0 Å². The minimum atomic E-state index is -1.73. The Bertz CT molecular complexity index is 478. The van der Waals surface area contributed by atoms with Gasteiger partial charge in [-0.15, -0.1) is 0 Å². The molecule has 0 amide bonds. The molecule has 84 valence electrons. The number of halogens is 4. The van der Waals surface area contributed by atoms with Crippen molar-refractivity contribution in [2.24, 2.45) is 0 Å². The summed E-state index contributed by atoms with van der Waals surface area (Å²) in [7, 11) is 1.66. The molecule has 2 aliphatic rings. The number of benzene rings is 1. The molecule has 2 heterocycles. The van der Waals surface area contributed by atoms with Crippen LogP contribution in [0.1, 0.15) is 23.2 Å². The zero-order valence-corrected chi connectivity index (χ0v) is 8.27. The molecular formula is C11H7F4N. The minimum Gasteiger partial charge on any atom is -0.285 e. The van der Waals surface area contributed by atoms with Gasteiger partial charge < -0.3 is 0 Å². The van der Waals surface area contributed by atoms with Crippen LogP contribution in [0.15, 0.2) is 12.2 Å². The van der Waals surface area contributed by atoms with Crippen LogP contribution in [0, 0.1) is 23.3 Å². The number of nitrogens with zero attached hydrogens (tertiary/aromatic N) is 1. The summed E-state index contributed by atoms with van der Waals surface area (Å²) in [6.07, 6.45) is 3.32. The van der Waals surface area contributed by atoms with Gasteiger partial charge in [-0.1, -0.05) is 12.2 Å². The predicted octanol–water partition coefficient (Wildman–Crippen LogP) is 2.84. The molecule has 0 N–H and O–H groups in total. The monoisotopic (exact) mass is 229 g/mol. The minimum absolute atomic E-state index is 0.0774. The van der Waals surface area contributed by atoms with Gasteiger partial charge in [-0.25, -0.2) is 17.6 Å². The van der Waals surface area contributed by atoms with Crippen molar-refractivity contribution in [1.29, 1.82) is 0 Å². The number of fused-ring (bicyclic) bond motifs is 5. The van der Waals surface area contributed by atoms with Gasteiger partial charge in [0.1, 0.15) is 0 Å². The normalized spacial score (nSPS) is 26.6. The van der Waals surface area contributed by atoms with Gasteiger partial charge in [-0.05, 0) is 7.05 Å². The van der Waals surface area contributed by atoms with Gasteiger partial charge in [0.25, 0.3) is 0 Å². The quantitative estimate of drug-likeness (QED) is 0.286. The molecule has 0 aromatic heterocycles. The van der Waals surface area contributed by atoms with E-state index in [2.05, 4.69) is 0 Å². The zero-order chi connectivity index (χ0) is 11.6. The second kappa shape index (κ2) is 2.85. The van der Waals surface area contributed by atoms with E-state index >= 15 is 0 Å². The van der Waals surface area contributed by atoms with Crippen molar-refractivity contribution in [3.63, 3.8) is 0 Å². The molecule has 3 rings (SSSR count). The molecule has 0 fully saturated rings. The second-order valence-electron chi connectivity index (χ2n) is 4.02.